The van der Waals surface area contributed by atoms with Crippen LogP contribution in [0.4, 0.5) is 13.2 Å². The minimum atomic E-state index is -0.336. The summed E-state index contributed by atoms with van der Waals surface area (Å²) in [7, 11) is 0. The number of aliphatic hydroxyl groups excluding tert-OH is 1. The molecule has 8 aromatic carbocycles. The number of carbonyl (C=O) groups excluding carboxylic acids is 4. The van der Waals surface area contributed by atoms with Gasteiger partial charge in [-0.15, -0.1) is 0 Å². The third-order valence-corrected chi connectivity index (χ3v) is 16.5. The number of nitrogens with zero attached hydrogens (tertiary/aromatic N) is 6. The Morgan fingerprint density at radius 2 is 0.874 bits per heavy atom. The van der Waals surface area contributed by atoms with E-state index < -0.39 is 0 Å². The van der Waals surface area contributed by atoms with Crippen molar-refractivity contribution in [3.63, 3.8) is 0 Å². The highest BCUT2D eigenvalue weighted by Gasteiger charge is 2.38. The maximum absolute atomic E-state index is 14.0. The minimum absolute atomic E-state index is 0.00673. The highest BCUT2D eigenvalue weighted by Crippen LogP contribution is 2.43. The van der Waals surface area contributed by atoms with Crippen molar-refractivity contribution in [2.24, 2.45) is 0 Å². The number of benzene rings is 8. The van der Waals surface area contributed by atoms with Gasteiger partial charge in [0.05, 0.1) is 28.8 Å². The van der Waals surface area contributed by atoms with Crippen LogP contribution in [0.5, 0.6) is 11.5 Å². The fraction of sp³-hybridized carbons (Fsp3) is 0.141. The topological polar surface area (TPSA) is 177 Å². The predicted molar refractivity (Wildman–Crippen MR) is 323 cm³/mol. The molecule has 0 atom stereocenters. The first-order valence-corrected chi connectivity index (χ1v) is 28.2. The number of hydrogen-bond donors (Lipinski definition) is 3. The highest BCUT2D eigenvalue weighted by atomic mass is 19.1. The normalized spacial score (nSPS) is 13.2. The molecule has 11 aromatic rings. The molecule has 0 saturated carbocycles. The average Bonchev–Trinajstić information content (AvgIpc) is 1.76. The lowest BCUT2D eigenvalue weighted by atomic mass is 9.82. The van der Waals surface area contributed by atoms with Crippen LogP contribution in [0.25, 0.3) is 32.7 Å². The Morgan fingerprint density at radius 3 is 1.34 bits per heavy atom. The molecule has 0 aliphatic carbocycles. The van der Waals surface area contributed by atoms with Gasteiger partial charge < -0.3 is 30.0 Å². The molecule has 0 fully saturated rings. The summed E-state index contributed by atoms with van der Waals surface area (Å²) in [6.45, 7) is 3.71. The molecule has 87 heavy (non-hydrogen) atoms. The van der Waals surface area contributed by atoms with E-state index in [4.69, 9.17) is 0 Å². The van der Waals surface area contributed by atoms with E-state index in [1.54, 1.807) is 75.6 Å². The second-order valence-corrected chi connectivity index (χ2v) is 21.7. The lowest BCUT2D eigenvalue weighted by molar-refractivity contribution is 0.0757. The maximum Gasteiger partial charge on any atom is 0.258 e. The van der Waals surface area contributed by atoms with Gasteiger partial charge in [-0.3, -0.25) is 34.1 Å². The van der Waals surface area contributed by atoms with Crippen LogP contribution < -0.4 is 0 Å². The Hall–Kier alpha value is -10.6. The Bertz CT molecular complexity index is 4440. The number of phenolic OH excluding ortho intramolecular Hbond substituents is 2. The number of halogens is 3. The van der Waals surface area contributed by atoms with Crippen LogP contribution in [0.1, 0.15) is 109 Å². The molecule has 0 spiro atoms. The number of aryl methyl sites for hydroxylation is 1. The maximum atomic E-state index is 14.0. The molecule has 0 radical (unpaired) electrons. The van der Waals surface area contributed by atoms with Gasteiger partial charge in [0.1, 0.15) is 28.5 Å². The number of aliphatic hydroxyl groups is 1. The van der Waals surface area contributed by atoms with Crippen LogP contribution >= 0.6 is 0 Å². The summed E-state index contributed by atoms with van der Waals surface area (Å²) in [5.41, 5.74) is 12.4. The number of aromatic hydroxyl groups is 2. The van der Waals surface area contributed by atoms with Crippen molar-refractivity contribution in [2.45, 2.75) is 65.1 Å². The predicted octanol–water partition coefficient (Wildman–Crippen LogP) is 13.0. The van der Waals surface area contributed by atoms with Crippen LogP contribution in [0.15, 0.2) is 188 Å². The van der Waals surface area contributed by atoms with Crippen LogP contribution in [0.3, 0.4) is 0 Å². The fourth-order valence-electron chi connectivity index (χ4n) is 12.2. The summed E-state index contributed by atoms with van der Waals surface area (Å²) in [5.74, 6) is -1.85. The highest BCUT2D eigenvalue weighted by molar-refractivity contribution is 6.11. The third-order valence-electron chi connectivity index (χ3n) is 16.5. The van der Waals surface area contributed by atoms with E-state index in [1.165, 1.54) is 42.6 Å². The second kappa shape index (κ2) is 24.2. The van der Waals surface area contributed by atoms with Crippen molar-refractivity contribution in [1.82, 2.24) is 29.7 Å². The summed E-state index contributed by atoms with van der Waals surface area (Å²) in [5, 5.41) is 33.1. The zero-order chi connectivity index (χ0) is 60.5. The second-order valence-electron chi connectivity index (χ2n) is 21.7. The number of pyridine rings is 3. The first kappa shape index (κ1) is 56.9. The van der Waals surface area contributed by atoms with Gasteiger partial charge in [-0.1, -0.05) is 115 Å². The van der Waals surface area contributed by atoms with Crippen LogP contribution in [0.2, 0.25) is 0 Å². The monoisotopic (exact) mass is 1160 g/mol. The lowest BCUT2D eigenvalue weighted by Gasteiger charge is -2.21. The Labute approximate surface area is 497 Å². The largest absolute Gasteiger partial charge is 0.505 e. The molecule has 6 heterocycles. The van der Waals surface area contributed by atoms with Gasteiger partial charge in [-0.05, 0) is 129 Å². The van der Waals surface area contributed by atoms with Crippen molar-refractivity contribution in [3.8, 4) is 11.5 Å². The summed E-state index contributed by atoms with van der Waals surface area (Å²) in [6.07, 6.45) is 6.24. The van der Waals surface area contributed by atoms with Crippen molar-refractivity contribution < 1.29 is 47.7 Å². The summed E-state index contributed by atoms with van der Waals surface area (Å²) in [4.78, 5) is 69.9. The van der Waals surface area contributed by atoms with Gasteiger partial charge in [0, 0.05) is 85.5 Å². The third kappa shape index (κ3) is 11.0. The Balaban J connectivity index is 0.000000133. The lowest BCUT2D eigenvalue weighted by Crippen LogP contribution is -2.24. The van der Waals surface area contributed by atoms with E-state index in [0.29, 0.717) is 88.9 Å². The summed E-state index contributed by atoms with van der Waals surface area (Å²) < 4.78 is 39.6. The molecule has 3 N–H and O–H groups in total. The Morgan fingerprint density at radius 1 is 0.471 bits per heavy atom. The molecule has 3 aromatic heterocycles. The quantitative estimate of drug-likeness (QED) is 0.0998. The van der Waals surface area contributed by atoms with Gasteiger partial charge in [0.2, 0.25) is 0 Å². The number of aldehydes is 1. The van der Waals surface area contributed by atoms with E-state index in [2.05, 4.69) is 39.2 Å². The number of amides is 3. The smallest absolute Gasteiger partial charge is 0.258 e. The fourth-order valence-corrected chi connectivity index (χ4v) is 12.2. The average molecular weight is 1160 g/mol. The van der Waals surface area contributed by atoms with E-state index in [1.807, 2.05) is 67.6 Å². The Kier molecular flexibility index (Phi) is 15.8. The van der Waals surface area contributed by atoms with E-state index in [-0.39, 0.29) is 71.3 Å². The van der Waals surface area contributed by atoms with Crippen LogP contribution in [0, 0.1) is 24.4 Å². The molecule has 13 nitrogen and oxygen atoms in total. The number of fused-ring (bicyclic) bond motifs is 6. The van der Waals surface area contributed by atoms with Crippen LogP contribution in [-0.4, -0.2) is 69.0 Å². The van der Waals surface area contributed by atoms with Gasteiger partial charge in [0.25, 0.3) is 17.7 Å². The molecular weight excluding hydrogens is 1110 g/mol. The first-order valence-electron chi connectivity index (χ1n) is 28.2. The zero-order valence-corrected chi connectivity index (χ0v) is 47.0. The van der Waals surface area contributed by atoms with E-state index in [0.717, 1.165) is 67.1 Å². The molecule has 3 aliphatic rings. The molecule has 0 saturated heterocycles. The number of rotatable bonds is 12. The van der Waals surface area contributed by atoms with Crippen LogP contribution in [-0.2, 0) is 52.3 Å². The molecule has 432 valence electrons. The molecule has 3 amide bonds. The number of aromatic nitrogens is 3. The van der Waals surface area contributed by atoms with Crippen molar-refractivity contribution in [2.75, 3.05) is 0 Å². The molecule has 16 heteroatoms. The summed E-state index contributed by atoms with van der Waals surface area (Å²) >= 11 is 0. The molecular formula is C71H55F3N6O7. The number of hydrogen-bond acceptors (Lipinski definition) is 10. The molecule has 3 aliphatic heterocycles. The van der Waals surface area contributed by atoms with Crippen molar-refractivity contribution in [1.29, 1.82) is 0 Å². The van der Waals surface area contributed by atoms with Crippen molar-refractivity contribution >= 4 is 56.7 Å². The van der Waals surface area contributed by atoms with Crippen molar-refractivity contribution in [3.05, 3.63) is 289 Å². The minimum Gasteiger partial charge on any atom is -0.505 e. The SMILES string of the molecule is Cc1c2c(c(O)c3ncccc13)C(=O)N(Cc1ccc(F)cc1)C2.O=C1c2c(c(CO)c3cccnc3c2O)CN1Cc1ccc(F)cc1.O=Cc1c2c(c(CC(c3ccccc3)c3ccccc3)c3ncccc13)C(=O)N(Cc1ccc(F)cc1)C2. The number of phenols is 2. The van der Waals surface area contributed by atoms with E-state index >= 15 is 0 Å². The standard InChI is InChI=1S/C33H25FN2O2.C19H15FN2O3.C19H15FN2O2/c34-25-15-13-22(14-16-25)19-36-20-29-30(21-37)26-12-7-17-35-32(26)28(31(29)33(36)38)18-27(23-8-3-1-4-9-23)24-10-5-2-6-11-24;20-12-5-3-11(4-6-12)8-22-9-14-15(10-23)13-2-1-7-21-17(13)18(24)16(14)19(22)25;1-11-14-3-2-8-21-17(14)18(23)16-15(11)10-22(19(16)24)9-12-4-6-13(20)7-5-12/h1-17,21,27H,18-20H2;1-7,23-24H,8-10H2;2-8,23H,9-10H2,1H3. The summed E-state index contributed by atoms with van der Waals surface area (Å²) in [6, 6.07) is 49.6. The zero-order valence-electron chi connectivity index (χ0n) is 47.0. The molecule has 0 bridgehead atoms. The molecule has 14 rings (SSSR count). The van der Waals surface area contributed by atoms with Gasteiger partial charge in [-0.25, -0.2) is 13.2 Å². The number of carbonyl (C=O) groups is 4. The first-order chi connectivity index (χ1) is 42.3. The van der Waals surface area contributed by atoms with Gasteiger partial charge >= 0.3 is 0 Å². The van der Waals surface area contributed by atoms with Gasteiger partial charge in [0.15, 0.2) is 17.8 Å². The molecule has 0 unspecified atom stereocenters. The van der Waals surface area contributed by atoms with Gasteiger partial charge in [-0.2, -0.15) is 0 Å². The van der Waals surface area contributed by atoms with E-state index in [9.17, 15) is 47.7 Å².